The van der Waals surface area contributed by atoms with E-state index >= 15 is 0 Å². The summed E-state index contributed by atoms with van der Waals surface area (Å²) in [4.78, 5) is 16.0. The summed E-state index contributed by atoms with van der Waals surface area (Å²) in [5.41, 5.74) is 8.09. The first-order chi connectivity index (χ1) is 9.06. The molecule has 0 saturated heterocycles. The molecule has 0 bridgehead atoms. The molecule has 0 spiro atoms. The third-order valence-electron chi connectivity index (χ3n) is 2.66. The van der Waals surface area contributed by atoms with E-state index in [-0.39, 0.29) is 11.9 Å². The third-order valence-corrected chi connectivity index (χ3v) is 2.66. The number of rotatable bonds is 3. The number of hydrogen-bond acceptors (Lipinski definition) is 3. The fourth-order valence-corrected chi connectivity index (χ4v) is 1.76. The average Bonchev–Trinajstić information content (AvgIpc) is 2.39. The van der Waals surface area contributed by atoms with Gasteiger partial charge in [-0.25, -0.2) is 4.98 Å². The Morgan fingerprint density at radius 2 is 2.00 bits per heavy atom. The van der Waals surface area contributed by atoms with Crippen molar-refractivity contribution in [3.63, 3.8) is 0 Å². The minimum absolute atomic E-state index is 0.0692. The number of hydrogen-bond donors (Lipinski definition) is 2. The van der Waals surface area contributed by atoms with Gasteiger partial charge < -0.3 is 11.1 Å². The predicted molar refractivity (Wildman–Crippen MR) is 76.7 cm³/mol. The monoisotopic (exact) mass is 255 g/mol. The summed E-state index contributed by atoms with van der Waals surface area (Å²) < 4.78 is 0. The van der Waals surface area contributed by atoms with Crippen molar-refractivity contribution >= 4 is 11.7 Å². The van der Waals surface area contributed by atoms with E-state index in [0.29, 0.717) is 11.4 Å². The minimum Gasteiger partial charge on any atom is -0.384 e. The molecule has 19 heavy (non-hydrogen) atoms. The van der Waals surface area contributed by atoms with E-state index < -0.39 is 0 Å². The zero-order chi connectivity index (χ0) is 13.8. The molecule has 0 aliphatic heterocycles. The summed E-state index contributed by atoms with van der Waals surface area (Å²) in [6, 6.07) is 11.2. The number of carbonyl (C=O) groups is 1. The molecular formula is C15H17N3O. The molecule has 0 saturated carbocycles. The molecule has 4 nitrogen and oxygen atoms in total. The third kappa shape index (κ3) is 3.31. The van der Waals surface area contributed by atoms with Crippen LogP contribution < -0.4 is 11.1 Å². The lowest BCUT2D eigenvalue weighted by Gasteiger charge is -2.09. The van der Waals surface area contributed by atoms with Crippen LogP contribution in [0.5, 0.6) is 0 Å². The highest BCUT2D eigenvalue weighted by atomic mass is 16.1. The molecule has 4 heteroatoms. The quantitative estimate of drug-likeness (QED) is 0.885. The molecule has 2 aromatic rings. The standard InChI is InChI=1S/C15H17N3O/c1-10(2)18-15(19)12-5-3-4-11(8-12)13-6-7-14(16)17-9-13/h3-10H,1-2H3,(H2,16,17)(H,18,19). The molecule has 0 aliphatic carbocycles. The van der Waals surface area contributed by atoms with Crippen LogP contribution in [-0.2, 0) is 0 Å². The maximum Gasteiger partial charge on any atom is 0.251 e. The molecule has 3 N–H and O–H groups in total. The van der Waals surface area contributed by atoms with Crippen molar-refractivity contribution in [2.75, 3.05) is 5.73 Å². The molecule has 98 valence electrons. The van der Waals surface area contributed by atoms with Crippen molar-refractivity contribution in [1.29, 1.82) is 0 Å². The lowest BCUT2D eigenvalue weighted by Crippen LogP contribution is -2.30. The second kappa shape index (κ2) is 5.52. The van der Waals surface area contributed by atoms with E-state index in [1.54, 1.807) is 18.3 Å². The van der Waals surface area contributed by atoms with Crippen molar-refractivity contribution in [3.8, 4) is 11.1 Å². The number of anilines is 1. The van der Waals surface area contributed by atoms with Crippen LogP contribution in [0.1, 0.15) is 24.2 Å². The first-order valence-corrected chi connectivity index (χ1v) is 6.19. The summed E-state index contributed by atoms with van der Waals surface area (Å²) in [7, 11) is 0. The number of nitrogens with zero attached hydrogens (tertiary/aromatic N) is 1. The zero-order valence-electron chi connectivity index (χ0n) is 11.1. The van der Waals surface area contributed by atoms with E-state index in [4.69, 9.17) is 5.73 Å². The van der Waals surface area contributed by atoms with Crippen LogP contribution >= 0.6 is 0 Å². The Hall–Kier alpha value is -2.36. The molecule has 1 amide bonds. The van der Waals surface area contributed by atoms with Crippen LogP contribution in [-0.4, -0.2) is 16.9 Å². The first kappa shape index (κ1) is 13.1. The van der Waals surface area contributed by atoms with Gasteiger partial charge in [-0.1, -0.05) is 12.1 Å². The normalized spacial score (nSPS) is 10.5. The van der Waals surface area contributed by atoms with Crippen molar-refractivity contribution in [2.24, 2.45) is 0 Å². The number of pyridine rings is 1. The molecule has 0 unspecified atom stereocenters. The first-order valence-electron chi connectivity index (χ1n) is 6.19. The smallest absolute Gasteiger partial charge is 0.251 e. The number of amides is 1. The second-order valence-corrected chi connectivity index (χ2v) is 4.68. The molecule has 2 rings (SSSR count). The molecule has 0 atom stereocenters. The van der Waals surface area contributed by atoms with Crippen LogP contribution in [0.15, 0.2) is 42.6 Å². The number of nitrogens with one attached hydrogen (secondary N) is 1. The van der Waals surface area contributed by atoms with Crippen LogP contribution in [0.25, 0.3) is 11.1 Å². The van der Waals surface area contributed by atoms with Crippen LogP contribution in [0.4, 0.5) is 5.82 Å². The molecule has 1 aromatic carbocycles. The molecule has 0 fully saturated rings. The van der Waals surface area contributed by atoms with Crippen molar-refractivity contribution in [1.82, 2.24) is 10.3 Å². The number of carbonyl (C=O) groups excluding carboxylic acids is 1. The minimum atomic E-state index is -0.0692. The van der Waals surface area contributed by atoms with Gasteiger partial charge in [0, 0.05) is 23.4 Å². The van der Waals surface area contributed by atoms with Gasteiger partial charge in [0.25, 0.3) is 5.91 Å². The van der Waals surface area contributed by atoms with Crippen LogP contribution in [0.3, 0.4) is 0 Å². The highest BCUT2D eigenvalue weighted by Crippen LogP contribution is 2.20. The van der Waals surface area contributed by atoms with E-state index in [0.717, 1.165) is 11.1 Å². The fourth-order valence-electron chi connectivity index (χ4n) is 1.76. The number of nitrogens with two attached hydrogens (primary N) is 1. The van der Waals surface area contributed by atoms with Crippen molar-refractivity contribution < 1.29 is 4.79 Å². The SMILES string of the molecule is CC(C)NC(=O)c1cccc(-c2ccc(N)nc2)c1. The Labute approximate surface area is 112 Å². The van der Waals surface area contributed by atoms with Gasteiger partial charge in [-0.3, -0.25) is 4.79 Å². The molecule has 1 aromatic heterocycles. The van der Waals surface area contributed by atoms with E-state index in [1.165, 1.54) is 0 Å². The number of benzene rings is 1. The summed E-state index contributed by atoms with van der Waals surface area (Å²) in [5, 5.41) is 2.87. The summed E-state index contributed by atoms with van der Waals surface area (Å²) in [6.07, 6.45) is 1.70. The number of aromatic nitrogens is 1. The topological polar surface area (TPSA) is 68.0 Å². The maximum absolute atomic E-state index is 11.9. The second-order valence-electron chi connectivity index (χ2n) is 4.68. The summed E-state index contributed by atoms with van der Waals surface area (Å²) in [5.74, 6) is 0.415. The highest BCUT2D eigenvalue weighted by molar-refractivity contribution is 5.95. The maximum atomic E-state index is 11.9. The van der Waals surface area contributed by atoms with Gasteiger partial charge in [-0.2, -0.15) is 0 Å². The molecular weight excluding hydrogens is 238 g/mol. The molecule has 0 aliphatic rings. The Morgan fingerprint density at radius 1 is 1.21 bits per heavy atom. The van der Waals surface area contributed by atoms with Gasteiger partial charge in [0.15, 0.2) is 0 Å². The Bertz CT molecular complexity index is 576. The Balaban J connectivity index is 2.29. The molecule has 0 radical (unpaired) electrons. The van der Waals surface area contributed by atoms with Crippen molar-refractivity contribution in [3.05, 3.63) is 48.2 Å². The Kier molecular flexibility index (Phi) is 3.80. The summed E-state index contributed by atoms with van der Waals surface area (Å²) in [6.45, 7) is 3.87. The lowest BCUT2D eigenvalue weighted by molar-refractivity contribution is 0.0943. The molecule has 1 heterocycles. The predicted octanol–water partition coefficient (Wildman–Crippen LogP) is 2.47. The lowest BCUT2D eigenvalue weighted by atomic mass is 10.0. The highest BCUT2D eigenvalue weighted by Gasteiger charge is 2.08. The Morgan fingerprint density at radius 3 is 2.63 bits per heavy atom. The van der Waals surface area contributed by atoms with Crippen molar-refractivity contribution in [2.45, 2.75) is 19.9 Å². The van der Waals surface area contributed by atoms with Gasteiger partial charge in [0.05, 0.1) is 0 Å². The zero-order valence-corrected chi connectivity index (χ0v) is 11.1. The van der Waals surface area contributed by atoms with Gasteiger partial charge in [0.2, 0.25) is 0 Å². The van der Waals surface area contributed by atoms with Crippen LogP contribution in [0, 0.1) is 0 Å². The van der Waals surface area contributed by atoms with Crippen LogP contribution in [0.2, 0.25) is 0 Å². The largest absolute Gasteiger partial charge is 0.384 e. The van der Waals surface area contributed by atoms with E-state index in [9.17, 15) is 4.79 Å². The van der Waals surface area contributed by atoms with Gasteiger partial charge >= 0.3 is 0 Å². The summed E-state index contributed by atoms with van der Waals surface area (Å²) >= 11 is 0. The fraction of sp³-hybridized carbons (Fsp3) is 0.200. The van der Waals surface area contributed by atoms with E-state index in [1.807, 2.05) is 38.1 Å². The van der Waals surface area contributed by atoms with Gasteiger partial charge in [0.1, 0.15) is 5.82 Å². The number of nitrogen functional groups attached to an aromatic ring is 1. The van der Waals surface area contributed by atoms with Gasteiger partial charge in [-0.15, -0.1) is 0 Å². The average molecular weight is 255 g/mol. The van der Waals surface area contributed by atoms with E-state index in [2.05, 4.69) is 10.3 Å². The van der Waals surface area contributed by atoms with Gasteiger partial charge in [-0.05, 0) is 43.7 Å².